The molecule has 6 heteroatoms. The molecule has 1 aliphatic heterocycles. The third-order valence-electron chi connectivity index (χ3n) is 3.84. The maximum atomic E-state index is 12.6. The molecule has 2 unspecified atom stereocenters. The zero-order chi connectivity index (χ0) is 15.1. The van der Waals surface area contributed by atoms with Crippen LogP contribution in [0.4, 0.5) is 0 Å². The summed E-state index contributed by atoms with van der Waals surface area (Å²) in [7, 11) is -3.62. The lowest BCUT2D eigenvalue weighted by atomic mass is 9.99. The van der Waals surface area contributed by atoms with Crippen molar-refractivity contribution >= 4 is 16.0 Å². The summed E-state index contributed by atoms with van der Waals surface area (Å²) in [4.78, 5) is 11.4. The predicted molar refractivity (Wildman–Crippen MR) is 75.0 cm³/mol. The largest absolute Gasteiger partial charge is 0.481 e. The Balaban J connectivity index is 2.35. The Hall–Kier alpha value is -1.40. The van der Waals surface area contributed by atoms with Gasteiger partial charge in [0.25, 0.3) is 0 Å². The molecule has 0 spiro atoms. The van der Waals surface area contributed by atoms with E-state index in [0.717, 1.165) is 5.56 Å². The molecule has 1 fully saturated rings. The first-order chi connectivity index (χ1) is 9.23. The molecule has 0 radical (unpaired) electrons. The van der Waals surface area contributed by atoms with E-state index < -0.39 is 21.9 Å². The first kappa shape index (κ1) is 15.0. The van der Waals surface area contributed by atoms with Gasteiger partial charge in [-0.3, -0.25) is 4.79 Å². The van der Waals surface area contributed by atoms with E-state index in [2.05, 4.69) is 0 Å². The zero-order valence-electron chi connectivity index (χ0n) is 11.8. The summed E-state index contributed by atoms with van der Waals surface area (Å²) in [6.07, 6.45) is 0. The third-order valence-corrected chi connectivity index (χ3v) is 5.84. The van der Waals surface area contributed by atoms with Crippen LogP contribution >= 0.6 is 0 Å². The minimum absolute atomic E-state index is 0.0478. The van der Waals surface area contributed by atoms with Crippen molar-refractivity contribution in [1.82, 2.24) is 4.31 Å². The number of benzene rings is 1. The number of aliphatic carboxylic acids is 1. The van der Waals surface area contributed by atoms with Crippen LogP contribution in [0.5, 0.6) is 0 Å². The number of carbonyl (C=O) groups is 1. The van der Waals surface area contributed by atoms with E-state index in [4.69, 9.17) is 5.11 Å². The van der Waals surface area contributed by atoms with Gasteiger partial charge in [0.05, 0.1) is 10.8 Å². The lowest BCUT2D eigenvalue weighted by Gasteiger charge is -2.17. The van der Waals surface area contributed by atoms with Gasteiger partial charge in [0.15, 0.2) is 0 Å². The maximum absolute atomic E-state index is 12.6. The fourth-order valence-corrected chi connectivity index (χ4v) is 4.44. The minimum Gasteiger partial charge on any atom is -0.481 e. The van der Waals surface area contributed by atoms with E-state index in [1.54, 1.807) is 26.0 Å². The van der Waals surface area contributed by atoms with Gasteiger partial charge in [-0.2, -0.15) is 4.31 Å². The second-order valence-corrected chi connectivity index (χ2v) is 7.42. The lowest BCUT2D eigenvalue weighted by Crippen LogP contribution is -2.30. The molecule has 1 heterocycles. The predicted octanol–water partition coefficient (Wildman–Crippen LogP) is 1.64. The Morgan fingerprint density at radius 3 is 2.45 bits per heavy atom. The number of hydrogen-bond donors (Lipinski definition) is 1. The highest BCUT2D eigenvalue weighted by molar-refractivity contribution is 7.89. The van der Waals surface area contributed by atoms with Gasteiger partial charge in [-0.05, 0) is 31.4 Å². The summed E-state index contributed by atoms with van der Waals surface area (Å²) >= 11 is 0. The molecule has 1 aliphatic rings. The van der Waals surface area contributed by atoms with E-state index in [1.807, 2.05) is 13.0 Å². The molecule has 1 saturated heterocycles. The number of sulfonamides is 1. The van der Waals surface area contributed by atoms with Crippen LogP contribution in [-0.2, 0) is 14.8 Å². The summed E-state index contributed by atoms with van der Waals surface area (Å²) in [5.74, 6) is -1.74. The van der Waals surface area contributed by atoms with Crippen molar-refractivity contribution in [3.8, 4) is 0 Å². The Labute approximate surface area is 119 Å². The average Bonchev–Trinajstić information content (AvgIpc) is 2.71. The number of nitrogens with zero attached hydrogens (tertiary/aromatic N) is 1. The van der Waals surface area contributed by atoms with Crippen molar-refractivity contribution in [2.75, 3.05) is 13.1 Å². The van der Waals surface area contributed by atoms with Gasteiger partial charge in [-0.1, -0.05) is 24.6 Å². The van der Waals surface area contributed by atoms with Gasteiger partial charge in [0.2, 0.25) is 10.0 Å². The Morgan fingerprint density at radius 2 is 1.95 bits per heavy atom. The lowest BCUT2D eigenvalue weighted by molar-refractivity contribution is -0.142. The molecule has 5 nitrogen and oxygen atoms in total. The Morgan fingerprint density at radius 1 is 1.30 bits per heavy atom. The quantitative estimate of drug-likeness (QED) is 0.920. The molecular formula is C14H19NO4S. The van der Waals surface area contributed by atoms with E-state index in [0.29, 0.717) is 5.56 Å². The fourth-order valence-electron chi connectivity index (χ4n) is 2.67. The van der Waals surface area contributed by atoms with Gasteiger partial charge >= 0.3 is 5.97 Å². The molecule has 1 aromatic carbocycles. The number of carboxylic acids is 1. The third kappa shape index (κ3) is 2.58. The van der Waals surface area contributed by atoms with Crippen LogP contribution in [0.15, 0.2) is 23.1 Å². The van der Waals surface area contributed by atoms with Crippen molar-refractivity contribution < 1.29 is 18.3 Å². The molecule has 0 aromatic heterocycles. The number of carboxylic acid groups (broad SMARTS) is 1. The molecule has 1 aromatic rings. The van der Waals surface area contributed by atoms with E-state index in [9.17, 15) is 13.2 Å². The van der Waals surface area contributed by atoms with E-state index in [-0.39, 0.29) is 23.9 Å². The van der Waals surface area contributed by atoms with Crippen LogP contribution in [-0.4, -0.2) is 36.9 Å². The van der Waals surface area contributed by atoms with Crippen LogP contribution in [0, 0.1) is 25.7 Å². The molecule has 1 N–H and O–H groups in total. The van der Waals surface area contributed by atoms with Gasteiger partial charge < -0.3 is 5.11 Å². The number of aryl methyl sites for hydroxylation is 2. The molecule has 20 heavy (non-hydrogen) atoms. The van der Waals surface area contributed by atoms with E-state index in [1.165, 1.54) is 4.31 Å². The molecule has 2 atom stereocenters. The average molecular weight is 297 g/mol. The highest BCUT2D eigenvalue weighted by atomic mass is 32.2. The van der Waals surface area contributed by atoms with Gasteiger partial charge in [-0.15, -0.1) is 0 Å². The molecule has 2 rings (SSSR count). The van der Waals surface area contributed by atoms with Crippen molar-refractivity contribution in [1.29, 1.82) is 0 Å². The van der Waals surface area contributed by atoms with Crippen LogP contribution in [0.3, 0.4) is 0 Å². The highest BCUT2D eigenvalue weighted by Gasteiger charge is 2.40. The van der Waals surface area contributed by atoms with Crippen LogP contribution in [0.2, 0.25) is 0 Å². The standard InChI is InChI=1S/C14H19NO4S/c1-9-4-5-13(10(2)6-9)20(18,19)15-7-11(3)12(8-15)14(16)17/h4-6,11-12H,7-8H2,1-3H3,(H,16,17). The molecule has 0 saturated carbocycles. The molecular weight excluding hydrogens is 278 g/mol. The second-order valence-electron chi connectivity index (χ2n) is 5.51. The van der Waals surface area contributed by atoms with Crippen LogP contribution < -0.4 is 0 Å². The molecule has 0 bridgehead atoms. The van der Waals surface area contributed by atoms with Gasteiger partial charge in [0.1, 0.15) is 0 Å². The SMILES string of the molecule is Cc1ccc(S(=O)(=O)N2CC(C)C(C(=O)O)C2)c(C)c1. The van der Waals surface area contributed by atoms with Gasteiger partial charge in [-0.25, -0.2) is 8.42 Å². The maximum Gasteiger partial charge on any atom is 0.308 e. The summed E-state index contributed by atoms with van der Waals surface area (Å²) < 4.78 is 26.5. The first-order valence-corrected chi connectivity index (χ1v) is 7.97. The number of rotatable bonds is 3. The minimum atomic E-state index is -3.62. The van der Waals surface area contributed by atoms with Gasteiger partial charge in [0, 0.05) is 13.1 Å². The molecule has 110 valence electrons. The monoisotopic (exact) mass is 297 g/mol. The second kappa shape index (κ2) is 5.18. The van der Waals surface area contributed by atoms with E-state index >= 15 is 0 Å². The first-order valence-electron chi connectivity index (χ1n) is 6.53. The van der Waals surface area contributed by atoms with Crippen molar-refractivity contribution in [2.24, 2.45) is 11.8 Å². The van der Waals surface area contributed by atoms with Crippen LogP contribution in [0.25, 0.3) is 0 Å². The van der Waals surface area contributed by atoms with Crippen LogP contribution in [0.1, 0.15) is 18.1 Å². The number of hydrogen-bond acceptors (Lipinski definition) is 3. The van der Waals surface area contributed by atoms with Crippen molar-refractivity contribution in [2.45, 2.75) is 25.7 Å². The zero-order valence-corrected chi connectivity index (χ0v) is 12.6. The molecule has 0 amide bonds. The highest BCUT2D eigenvalue weighted by Crippen LogP contribution is 2.30. The molecule has 0 aliphatic carbocycles. The Kier molecular flexibility index (Phi) is 3.88. The fraction of sp³-hybridized carbons (Fsp3) is 0.500. The topological polar surface area (TPSA) is 74.7 Å². The summed E-state index contributed by atoms with van der Waals surface area (Å²) in [5.41, 5.74) is 1.69. The van der Waals surface area contributed by atoms with Crippen molar-refractivity contribution in [3.05, 3.63) is 29.3 Å². The summed E-state index contributed by atoms with van der Waals surface area (Å²) in [6, 6.07) is 5.17. The Bertz CT molecular complexity index is 639. The smallest absolute Gasteiger partial charge is 0.308 e. The summed E-state index contributed by atoms with van der Waals surface area (Å²) in [6.45, 7) is 5.74. The normalized spacial score (nSPS) is 23.9. The van der Waals surface area contributed by atoms with Crippen molar-refractivity contribution in [3.63, 3.8) is 0 Å². The summed E-state index contributed by atoms with van der Waals surface area (Å²) in [5, 5.41) is 9.11.